The molecule has 2 heterocycles. The predicted octanol–water partition coefficient (Wildman–Crippen LogP) is 3.28. The smallest absolute Gasteiger partial charge is 0.247 e. The Morgan fingerprint density at radius 3 is 2.57 bits per heavy atom. The number of hydrogen-bond donors (Lipinski definition) is 1. The van der Waals surface area contributed by atoms with Gasteiger partial charge < -0.3 is 10.2 Å². The highest BCUT2D eigenvalue weighted by atomic mass is 32.2. The lowest BCUT2D eigenvalue weighted by molar-refractivity contribution is -0.111. The Bertz CT molecular complexity index is 1300. The lowest BCUT2D eigenvalue weighted by Crippen LogP contribution is -2.47. The molecule has 3 aromatic rings. The van der Waals surface area contributed by atoms with Gasteiger partial charge in [0.15, 0.2) is 0 Å². The zero-order valence-electron chi connectivity index (χ0n) is 19.4. The summed E-state index contributed by atoms with van der Waals surface area (Å²) in [5.74, 6) is 0.352. The predicted molar refractivity (Wildman–Crippen MR) is 137 cm³/mol. The molecule has 1 amide bonds. The summed E-state index contributed by atoms with van der Waals surface area (Å²) < 4.78 is 27.8. The van der Waals surface area contributed by atoms with Gasteiger partial charge in [-0.25, -0.2) is 18.4 Å². The van der Waals surface area contributed by atoms with Crippen molar-refractivity contribution in [3.8, 4) is 0 Å². The van der Waals surface area contributed by atoms with Gasteiger partial charge in [0.25, 0.3) is 0 Å². The number of rotatable bonds is 8. The molecule has 1 aliphatic heterocycles. The lowest BCUT2D eigenvalue weighted by atomic mass is 10.1. The fourth-order valence-electron chi connectivity index (χ4n) is 3.62. The van der Waals surface area contributed by atoms with Gasteiger partial charge in [-0.2, -0.15) is 4.31 Å². The summed E-state index contributed by atoms with van der Waals surface area (Å²) in [6, 6.07) is 16.3. The van der Waals surface area contributed by atoms with Crippen molar-refractivity contribution in [3.63, 3.8) is 0 Å². The van der Waals surface area contributed by atoms with E-state index >= 15 is 0 Å². The van der Waals surface area contributed by atoms with Crippen LogP contribution in [0.3, 0.4) is 0 Å². The van der Waals surface area contributed by atoms with Crippen LogP contribution in [0.15, 0.2) is 88.3 Å². The number of likely N-dealkylation sites (N-methyl/N-ethyl adjacent to an activating group) is 1. The molecule has 1 N–H and O–H groups in total. The van der Waals surface area contributed by atoms with Crippen LogP contribution in [-0.4, -0.2) is 66.7 Å². The van der Waals surface area contributed by atoms with E-state index < -0.39 is 10.0 Å². The number of sulfonamides is 1. The minimum Gasteiger partial charge on any atom is -0.323 e. The fourth-order valence-corrected chi connectivity index (χ4v) is 5.91. The first kappa shape index (κ1) is 25.1. The molecule has 0 aliphatic carbocycles. The number of piperazine rings is 1. The number of benzene rings is 2. The molecule has 1 aliphatic rings. The van der Waals surface area contributed by atoms with Gasteiger partial charge >= 0.3 is 0 Å². The van der Waals surface area contributed by atoms with Crippen LogP contribution in [0, 0.1) is 0 Å². The number of amides is 1. The molecule has 1 saturated heterocycles. The van der Waals surface area contributed by atoms with E-state index in [9.17, 15) is 13.2 Å². The first-order chi connectivity index (χ1) is 16.8. The zero-order chi connectivity index (χ0) is 24.8. The van der Waals surface area contributed by atoms with Gasteiger partial charge in [0.1, 0.15) is 10.9 Å². The Kier molecular flexibility index (Phi) is 7.97. The van der Waals surface area contributed by atoms with E-state index in [0.29, 0.717) is 35.9 Å². The van der Waals surface area contributed by atoms with Crippen molar-refractivity contribution in [2.75, 3.05) is 38.5 Å². The van der Waals surface area contributed by atoms with E-state index in [4.69, 9.17) is 0 Å². The SMILES string of the molecule is C=CC(=O)Nc1ccc(Sc2ccnc(Cc3cccc(S(=O)(=O)N4CCN(C)CC4)c3)n2)cc1. The summed E-state index contributed by atoms with van der Waals surface area (Å²) in [7, 11) is -1.54. The van der Waals surface area contributed by atoms with Crippen LogP contribution in [0.2, 0.25) is 0 Å². The maximum absolute atomic E-state index is 13.1. The number of carbonyl (C=O) groups is 1. The standard InChI is InChI=1S/C25H27N5O3S2/c1-3-24(31)27-20-7-9-21(10-8-20)34-25-11-12-26-23(28-25)18-19-5-4-6-22(17-19)35(32,33)30-15-13-29(2)14-16-30/h3-12,17H,1,13-16,18H2,2H3,(H,27,31). The number of hydrogen-bond acceptors (Lipinski definition) is 7. The van der Waals surface area contributed by atoms with Gasteiger partial charge in [-0.3, -0.25) is 4.79 Å². The Balaban J connectivity index is 1.44. The van der Waals surface area contributed by atoms with E-state index in [2.05, 4.69) is 26.8 Å². The quantitative estimate of drug-likeness (QED) is 0.368. The van der Waals surface area contributed by atoms with Crippen LogP contribution < -0.4 is 5.32 Å². The van der Waals surface area contributed by atoms with Gasteiger partial charge in [-0.15, -0.1) is 0 Å². The molecule has 0 radical (unpaired) electrons. The van der Waals surface area contributed by atoms with Gasteiger partial charge in [0, 0.05) is 49.4 Å². The molecule has 1 fully saturated rings. The highest BCUT2D eigenvalue weighted by Gasteiger charge is 2.27. The topological polar surface area (TPSA) is 95.5 Å². The minimum atomic E-state index is -3.53. The van der Waals surface area contributed by atoms with E-state index in [1.54, 1.807) is 28.7 Å². The maximum Gasteiger partial charge on any atom is 0.247 e. The van der Waals surface area contributed by atoms with Gasteiger partial charge in [0.2, 0.25) is 15.9 Å². The average molecular weight is 510 g/mol. The summed E-state index contributed by atoms with van der Waals surface area (Å²) in [6.45, 7) is 5.88. The molecule has 2 aromatic carbocycles. The molecule has 10 heteroatoms. The summed E-state index contributed by atoms with van der Waals surface area (Å²) in [6.07, 6.45) is 3.35. The molecule has 0 spiro atoms. The molecule has 1 aromatic heterocycles. The van der Waals surface area contributed by atoms with Crippen molar-refractivity contribution >= 4 is 33.4 Å². The third-order valence-electron chi connectivity index (χ3n) is 5.57. The molecule has 8 nitrogen and oxygen atoms in total. The van der Waals surface area contributed by atoms with E-state index in [-0.39, 0.29) is 5.91 Å². The first-order valence-corrected chi connectivity index (χ1v) is 13.4. The highest BCUT2D eigenvalue weighted by molar-refractivity contribution is 7.99. The molecule has 35 heavy (non-hydrogen) atoms. The molecular formula is C25H27N5O3S2. The highest BCUT2D eigenvalue weighted by Crippen LogP contribution is 2.27. The van der Waals surface area contributed by atoms with Gasteiger partial charge in [-0.05, 0) is 61.2 Å². The van der Waals surface area contributed by atoms with Crippen LogP contribution in [0.5, 0.6) is 0 Å². The third-order valence-corrected chi connectivity index (χ3v) is 8.41. The Morgan fingerprint density at radius 1 is 1.11 bits per heavy atom. The van der Waals surface area contributed by atoms with Crippen molar-refractivity contribution in [2.45, 2.75) is 21.2 Å². The first-order valence-electron chi connectivity index (χ1n) is 11.1. The number of nitrogens with one attached hydrogen (secondary N) is 1. The third kappa shape index (κ3) is 6.55. The van der Waals surface area contributed by atoms with Crippen molar-refractivity contribution in [1.29, 1.82) is 0 Å². The van der Waals surface area contributed by atoms with E-state index in [1.807, 2.05) is 43.4 Å². The van der Waals surface area contributed by atoms with Gasteiger partial charge in [-0.1, -0.05) is 30.5 Å². The number of aromatic nitrogens is 2. The Hall–Kier alpha value is -3.05. The van der Waals surface area contributed by atoms with Crippen LogP contribution in [-0.2, 0) is 21.2 Å². The van der Waals surface area contributed by atoms with Crippen molar-refractivity contribution in [1.82, 2.24) is 19.2 Å². The largest absolute Gasteiger partial charge is 0.323 e. The van der Waals surface area contributed by atoms with Gasteiger partial charge in [0.05, 0.1) is 4.90 Å². The van der Waals surface area contributed by atoms with Crippen molar-refractivity contribution in [2.24, 2.45) is 0 Å². The average Bonchev–Trinajstić information content (AvgIpc) is 2.86. The van der Waals surface area contributed by atoms with Crippen LogP contribution in [0.1, 0.15) is 11.4 Å². The van der Waals surface area contributed by atoms with Crippen LogP contribution in [0.25, 0.3) is 0 Å². The molecule has 0 atom stereocenters. The summed E-state index contributed by atoms with van der Waals surface area (Å²) in [5.41, 5.74) is 1.53. The second-order valence-corrected chi connectivity index (χ2v) is 11.2. The second kappa shape index (κ2) is 11.1. The molecule has 0 unspecified atom stereocenters. The zero-order valence-corrected chi connectivity index (χ0v) is 21.1. The lowest BCUT2D eigenvalue weighted by Gasteiger charge is -2.31. The Morgan fingerprint density at radius 2 is 1.86 bits per heavy atom. The molecule has 0 bridgehead atoms. The number of carbonyl (C=O) groups excluding carboxylic acids is 1. The monoisotopic (exact) mass is 509 g/mol. The van der Waals surface area contributed by atoms with Crippen molar-refractivity contribution < 1.29 is 13.2 Å². The molecule has 0 saturated carbocycles. The van der Waals surface area contributed by atoms with E-state index in [1.165, 1.54) is 17.8 Å². The number of nitrogens with zero attached hydrogens (tertiary/aromatic N) is 4. The molecular weight excluding hydrogens is 482 g/mol. The number of anilines is 1. The molecule has 4 rings (SSSR count). The minimum absolute atomic E-state index is 0.258. The normalized spacial score (nSPS) is 15.0. The fraction of sp³-hybridized carbons (Fsp3) is 0.240. The van der Waals surface area contributed by atoms with Crippen molar-refractivity contribution in [3.05, 3.63) is 84.8 Å². The van der Waals surface area contributed by atoms with E-state index in [0.717, 1.165) is 28.6 Å². The summed E-state index contributed by atoms with van der Waals surface area (Å²) >= 11 is 1.48. The molecule has 182 valence electrons. The van der Waals surface area contributed by atoms with Crippen LogP contribution >= 0.6 is 11.8 Å². The summed E-state index contributed by atoms with van der Waals surface area (Å²) in [5, 5.41) is 3.49. The maximum atomic E-state index is 13.1. The Labute approximate surface area is 210 Å². The second-order valence-electron chi connectivity index (χ2n) is 8.16. The van der Waals surface area contributed by atoms with Crippen LogP contribution in [0.4, 0.5) is 5.69 Å². The summed E-state index contributed by atoms with van der Waals surface area (Å²) in [4.78, 5) is 23.8.